The molecule has 0 atom stereocenters. The zero-order valence-corrected chi connectivity index (χ0v) is 26.1. The van der Waals surface area contributed by atoms with Gasteiger partial charge >= 0.3 is 0 Å². The fourth-order valence-corrected chi connectivity index (χ4v) is 7.70. The molecule has 2 aromatic heterocycles. The van der Waals surface area contributed by atoms with Gasteiger partial charge in [-0.05, 0) is 91.8 Å². The van der Waals surface area contributed by atoms with Crippen molar-refractivity contribution in [3.05, 3.63) is 151 Å². The molecular weight excluding hydrogens is 602 g/mol. The minimum absolute atomic E-state index is 0.172. The predicted octanol–water partition coefficient (Wildman–Crippen LogP) is 11.9. The molecule has 0 bridgehead atoms. The van der Waals surface area contributed by atoms with Gasteiger partial charge in [-0.15, -0.1) is 11.3 Å². The third-order valence-corrected chi connectivity index (χ3v) is 10.0. The SMILES string of the molecule is Clc1nc(-c2cccc(-c3ccc4ccc(-c5ccccc5)cc4c3)c2)nc(-c2ccc3sc4c5ccccc5ccc4c3c2)n1. The molecule has 0 spiro atoms. The summed E-state index contributed by atoms with van der Waals surface area (Å²) in [7, 11) is 0. The van der Waals surface area contributed by atoms with Gasteiger partial charge in [0.2, 0.25) is 5.28 Å². The smallest absolute Gasteiger partial charge is 0.208 e. The van der Waals surface area contributed by atoms with Crippen molar-refractivity contribution in [2.75, 3.05) is 0 Å². The molecule has 0 unspecified atom stereocenters. The zero-order valence-electron chi connectivity index (χ0n) is 24.5. The third-order valence-electron chi connectivity index (χ3n) is 8.63. The lowest BCUT2D eigenvalue weighted by Gasteiger charge is -2.09. The van der Waals surface area contributed by atoms with Gasteiger partial charge in [0.1, 0.15) is 0 Å². The highest BCUT2D eigenvalue weighted by molar-refractivity contribution is 7.26. The number of nitrogens with zero attached hydrogens (tertiary/aromatic N) is 3. The molecule has 0 amide bonds. The van der Waals surface area contributed by atoms with Gasteiger partial charge in [-0.1, -0.05) is 109 Å². The van der Waals surface area contributed by atoms with E-state index >= 15 is 0 Å². The van der Waals surface area contributed by atoms with Crippen molar-refractivity contribution >= 4 is 64.7 Å². The Hall–Kier alpha value is -5.42. The predicted molar refractivity (Wildman–Crippen MR) is 194 cm³/mol. The maximum absolute atomic E-state index is 6.53. The normalized spacial score (nSPS) is 11.6. The molecule has 46 heavy (non-hydrogen) atoms. The molecule has 0 fully saturated rings. The molecule has 0 aliphatic carbocycles. The Morgan fingerprint density at radius 3 is 1.85 bits per heavy atom. The Morgan fingerprint density at radius 2 is 1.02 bits per heavy atom. The molecule has 9 aromatic rings. The topological polar surface area (TPSA) is 38.7 Å². The van der Waals surface area contributed by atoms with Crippen molar-refractivity contribution < 1.29 is 0 Å². The molecule has 0 saturated heterocycles. The number of aromatic nitrogens is 3. The van der Waals surface area contributed by atoms with Crippen LogP contribution in [0.4, 0.5) is 0 Å². The second-order valence-corrected chi connectivity index (χ2v) is 12.8. The summed E-state index contributed by atoms with van der Waals surface area (Å²) >= 11 is 8.35. The number of hydrogen-bond donors (Lipinski definition) is 0. The van der Waals surface area contributed by atoms with Crippen LogP contribution in [0.15, 0.2) is 146 Å². The van der Waals surface area contributed by atoms with E-state index in [1.807, 2.05) is 29.5 Å². The lowest BCUT2D eigenvalue weighted by Crippen LogP contribution is -1.97. The van der Waals surface area contributed by atoms with Crippen molar-refractivity contribution in [2.24, 2.45) is 0 Å². The van der Waals surface area contributed by atoms with Crippen molar-refractivity contribution in [1.82, 2.24) is 15.0 Å². The van der Waals surface area contributed by atoms with Crippen LogP contribution >= 0.6 is 22.9 Å². The minimum atomic E-state index is 0.172. The standard InChI is InChI=1S/C41H24ClN3S/c42-41-44-39(43-40(45-41)32-18-20-37-36(24-32)35-19-17-27-9-4-5-12-34(27)38(35)46-37)31-11-6-10-28(21-31)30-16-14-26-13-15-29(22-33(26)23-30)25-7-2-1-3-8-25/h1-24H. The Morgan fingerprint density at radius 1 is 0.391 bits per heavy atom. The van der Waals surface area contributed by atoms with E-state index in [1.54, 1.807) is 0 Å². The number of fused-ring (bicyclic) bond motifs is 6. The molecule has 2 heterocycles. The van der Waals surface area contributed by atoms with E-state index in [4.69, 9.17) is 16.6 Å². The lowest BCUT2D eigenvalue weighted by atomic mass is 9.97. The molecule has 5 heteroatoms. The maximum Gasteiger partial charge on any atom is 0.226 e. The van der Waals surface area contributed by atoms with E-state index in [2.05, 4.69) is 137 Å². The van der Waals surface area contributed by atoms with Gasteiger partial charge in [-0.25, -0.2) is 4.98 Å². The average molecular weight is 626 g/mol. The van der Waals surface area contributed by atoms with Crippen LogP contribution in [-0.4, -0.2) is 15.0 Å². The molecule has 0 aliphatic rings. The van der Waals surface area contributed by atoms with E-state index < -0.39 is 0 Å². The zero-order chi connectivity index (χ0) is 30.6. The van der Waals surface area contributed by atoms with Crippen LogP contribution in [0.1, 0.15) is 0 Å². The summed E-state index contributed by atoms with van der Waals surface area (Å²) in [4.78, 5) is 14.0. The summed E-state index contributed by atoms with van der Waals surface area (Å²) in [5.74, 6) is 1.10. The van der Waals surface area contributed by atoms with Crippen LogP contribution in [-0.2, 0) is 0 Å². The lowest BCUT2D eigenvalue weighted by molar-refractivity contribution is 1.07. The van der Waals surface area contributed by atoms with Gasteiger partial charge in [0.15, 0.2) is 11.6 Å². The number of rotatable bonds is 4. The molecule has 7 aromatic carbocycles. The van der Waals surface area contributed by atoms with Crippen LogP contribution in [0.2, 0.25) is 5.28 Å². The summed E-state index contributed by atoms with van der Waals surface area (Å²) in [6.07, 6.45) is 0. The van der Waals surface area contributed by atoms with Gasteiger partial charge in [0.25, 0.3) is 0 Å². The van der Waals surface area contributed by atoms with Crippen molar-refractivity contribution in [1.29, 1.82) is 0 Å². The van der Waals surface area contributed by atoms with Crippen LogP contribution in [0.3, 0.4) is 0 Å². The molecule has 3 nitrogen and oxygen atoms in total. The quantitative estimate of drug-likeness (QED) is 0.195. The number of hydrogen-bond acceptors (Lipinski definition) is 4. The van der Waals surface area contributed by atoms with Crippen molar-refractivity contribution in [2.45, 2.75) is 0 Å². The first-order valence-electron chi connectivity index (χ1n) is 15.1. The van der Waals surface area contributed by atoms with E-state index in [0.29, 0.717) is 11.6 Å². The highest BCUT2D eigenvalue weighted by Gasteiger charge is 2.14. The maximum atomic E-state index is 6.53. The van der Waals surface area contributed by atoms with E-state index in [9.17, 15) is 0 Å². The van der Waals surface area contributed by atoms with Crippen LogP contribution < -0.4 is 0 Å². The van der Waals surface area contributed by atoms with Crippen LogP contribution in [0.25, 0.3) is 86.7 Å². The van der Waals surface area contributed by atoms with Crippen LogP contribution in [0, 0.1) is 0 Å². The fourth-order valence-electron chi connectivity index (χ4n) is 6.33. The second kappa shape index (κ2) is 10.9. The number of halogens is 1. The molecule has 0 N–H and O–H groups in total. The van der Waals surface area contributed by atoms with E-state index in [0.717, 1.165) is 22.3 Å². The van der Waals surface area contributed by atoms with Gasteiger partial charge in [-0.3, -0.25) is 0 Å². The second-order valence-electron chi connectivity index (χ2n) is 11.5. The van der Waals surface area contributed by atoms with Crippen molar-refractivity contribution in [3.63, 3.8) is 0 Å². The largest absolute Gasteiger partial charge is 0.226 e. The summed E-state index contributed by atoms with van der Waals surface area (Å²) in [6, 6.07) is 51.4. The first-order valence-corrected chi connectivity index (χ1v) is 16.3. The Labute approximate surface area is 274 Å². The third kappa shape index (κ3) is 4.71. The first-order chi connectivity index (χ1) is 22.7. The molecule has 0 saturated carbocycles. The van der Waals surface area contributed by atoms with Gasteiger partial charge in [0.05, 0.1) is 0 Å². The Bertz CT molecular complexity index is 2610. The summed E-state index contributed by atoms with van der Waals surface area (Å²) < 4.78 is 2.52. The summed E-state index contributed by atoms with van der Waals surface area (Å²) in [5, 5.41) is 7.52. The number of thiophene rings is 1. The Balaban J connectivity index is 1.10. The summed E-state index contributed by atoms with van der Waals surface area (Å²) in [6.45, 7) is 0. The van der Waals surface area contributed by atoms with Gasteiger partial charge in [0, 0.05) is 31.3 Å². The van der Waals surface area contributed by atoms with E-state index in [1.165, 1.54) is 52.8 Å². The highest BCUT2D eigenvalue weighted by atomic mass is 35.5. The monoisotopic (exact) mass is 625 g/mol. The molecular formula is C41H24ClN3S. The van der Waals surface area contributed by atoms with Crippen LogP contribution in [0.5, 0.6) is 0 Å². The Kier molecular flexibility index (Phi) is 6.37. The van der Waals surface area contributed by atoms with E-state index in [-0.39, 0.29) is 5.28 Å². The average Bonchev–Trinajstić information content (AvgIpc) is 3.50. The number of benzene rings is 7. The molecule has 0 radical (unpaired) electrons. The molecule has 216 valence electrons. The van der Waals surface area contributed by atoms with Crippen molar-refractivity contribution in [3.8, 4) is 45.0 Å². The molecule has 0 aliphatic heterocycles. The first kappa shape index (κ1) is 26.9. The highest BCUT2D eigenvalue weighted by Crippen LogP contribution is 2.40. The minimum Gasteiger partial charge on any atom is -0.208 e. The summed E-state index contributed by atoms with van der Waals surface area (Å²) in [5.41, 5.74) is 6.41. The van der Waals surface area contributed by atoms with Gasteiger partial charge < -0.3 is 0 Å². The fraction of sp³-hybridized carbons (Fsp3) is 0. The molecule has 9 rings (SSSR count). The van der Waals surface area contributed by atoms with Gasteiger partial charge in [-0.2, -0.15) is 9.97 Å².